The van der Waals surface area contributed by atoms with Gasteiger partial charge in [0.05, 0.1) is 12.1 Å². The van der Waals surface area contributed by atoms with Crippen LogP contribution >= 0.6 is 11.8 Å². The van der Waals surface area contributed by atoms with Gasteiger partial charge >= 0.3 is 5.97 Å². The van der Waals surface area contributed by atoms with Crippen LogP contribution in [0, 0.1) is 11.8 Å². The van der Waals surface area contributed by atoms with Crippen LogP contribution in [-0.2, 0) is 19.2 Å². The van der Waals surface area contributed by atoms with Crippen molar-refractivity contribution in [1.29, 1.82) is 0 Å². The molecule has 6 unspecified atom stereocenters. The average molecular weight is 477 g/mol. The number of carbonyl (C=O) groups excluding carboxylic acids is 3. The molecule has 0 saturated heterocycles. The van der Waals surface area contributed by atoms with Crippen molar-refractivity contribution in [3.63, 3.8) is 0 Å². The molecule has 0 spiro atoms. The summed E-state index contributed by atoms with van der Waals surface area (Å²) >= 11 is 1.44. The van der Waals surface area contributed by atoms with Gasteiger partial charge in [-0.25, -0.2) is 4.79 Å². The molecule has 0 fully saturated rings. The lowest BCUT2D eigenvalue weighted by atomic mass is 9.97. The topological polar surface area (TPSA) is 171 Å². The molecule has 0 aliphatic carbocycles. The number of nitrogens with one attached hydrogen (secondary N) is 3. The lowest BCUT2D eigenvalue weighted by molar-refractivity contribution is -0.143. The number of carboxylic acid groups (broad SMARTS) is 1. The first kappa shape index (κ1) is 30.1. The summed E-state index contributed by atoms with van der Waals surface area (Å²) in [7, 11) is 0. The number of aliphatic hydroxyl groups is 1. The molecule has 32 heavy (non-hydrogen) atoms. The summed E-state index contributed by atoms with van der Waals surface area (Å²) < 4.78 is 0. The number of hydrogen-bond acceptors (Lipinski definition) is 7. The molecule has 0 aromatic carbocycles. The molecule has 0 radical (unpaired) electrons. The molecule has 0 heterocycles. The summed E-state index contributed by atoms with van der Waals surface area (Å²) in [5, 5.41) is 26.9. The maximum absolute atomic E-state index is 12.9. The van der Waals surface area contributed by atoms with E-state index in [-0.39, 0.29) is 18.3 Å². The minimum absolute atomic E-state index is 0.0487. The quantitative estimate of drug-likeness (QED) is 0.193. The zero-order valence-electron chi connectivity index (χ0n) is 19.9. The lowest BCUT2D eigenvalue weighted by Crippen LogP contribution is -2.60. The number of aliphatic hydroxyl groups excluding tert-OH is 1. The van der Waals surface area contributed by atoms with Crippen LogP contribution in [0.1, 0.15) is 53.9 Å². The summed E-state index contributed by atoms with van der Waals surface area (Å²) in [6, 6.07) is -4.27. The van der Waals surface area contributed by atoms with Gasteiger partial charge in [-0.3, -0.25) is 14.4 Å². The molecule has 0 bridgehead atoms. The number of amides is 3. The largest absolute Gasteiger partial charge is 0.480 e. The van der Waals surface area contributed by atoms with Gasteiger partial charge in [0.1, 0.15) is 18.1 Å². The predicted molar refractivity (Wildman–Crippen MR) is 125 cm³/mol. The van der Waals surface area contributed by atoms with Crippen molar-refractivity contribution in [2.24, 2.45) is 17.6 Å². The fraction of sp³-hybridized carbons (Fsp3) is 0.810. The van der Waals surface area contributed by atoms with Crippen molar-refractivity contribution < 1.29 is 29.4 Å². The van der Waals surface area contributed by atoms with Crippen LogP contribution < -0.4 is 21.7 Å². The first-order valence-corrected chi connectivity index (χ1v) is 12.3. The molecule has 3 amide bonds. The maximum atomic E-state index is 12.9. The van der Waals surface area contributed by atoms with E-state index in [9.17, 15) is 29.4 Å². The summed E-state index contributed by atoms with van der Waals surface area (Å²) in [5.74, 6) is -2.65. The Morgan fingerprint density at radius 2 is 1.50 bits per heavy atom. The van der Waals surface area contributed by atoms with Gasteiger partial charge in [0.2, 0.25) is 17.7 Å². The zero-order valence-corrected chi connectivity index (χ0v) is 20.7. The smallest absolute Gasteiger partial charge is 0.326 e. The second-order valence-corrected chi connectivity index (χ2v) is 9.50. The Kier molecular flexibility index (Phi) is 14.2. The van der Waals surface area contributed by atoms with E-state index in [1.807, 2.05) is 34.0 Å². The van der Waals surface area contributed by atoms with Crippen molar-refractivity contribution in [3.05, 3.63) is 0 Å². The van der Waals surface area contributed by atoms with E-state index in [1.54, 1.807) is 0 Å². The molecule has 0 aromatic rings. The Balaban J connectivity index is 5.41. The molecule has 0 aromatic heterocycles. The summed E-state index contributed by atoms with van der Waals surface area (Å²) in [6.07, 6.45) is 1.72. The monoisotopic (exact) mass is 476 g/mol. The van der Waals surface area contributed by atoms with Crippen LogP contribution in [0.4, 0.5) is 0 Å². The van der Waals surface area contributed by atoms with Gasteiger partial charge in [-0.05, 0) is 43.6 Å². The standard InChI is InChI=1S/C21H40N4O6S/c1-7-12(4)16(22)19(28)24-15(10-11(2)3)18(27)25-17(13(5)26)20(29)23-14(21(30)31)8-9-32-6/h11-17,26H,7-10,22H2,1-6H3,(H,23,29)(H,24,28)(H,25,27)(H,30,31). The van der Waals surface area contributed by atoms with E-state index >= 15 is 0 Å². The fourth-order valence-corrected chi connectivity index (χ4v) is 3.37. The summed E-state index contributed by atoms with van der Waals surface area (Å²) in [6.45, 7) is 8.82. The van der Waals surface area contributed by atoms with E-state index in [2.05, 4.69) is 16.0 Å². The van der Waals surface area contributed by atoms with Crippen LogP contribution in [0.2, 0.25) is 0 Å². The molecule has 10 nitrogen and oxygen atoms in total. The van der Waals surface area contributed by atoms with Gasteiger partial charge in [0.25, 0.3) is 0 Å². The molecule has 7 N–H and O–H groups in total. The molecule has 0 saturated carbocycles. The van der Waals surface area contributed by atoms with E-state index < -0.39 is 54.0 Å². The molecular formula is C21H40N4O6S. The number of aliphatic carboxylic acids is 1. The second kappa shape index (κ2) is 15.1. The SMILES string of the molecule is CCC(C)C(N)C(=O)NC(CC(C)C)C(=O)NC(C(=O)NC(CCSC)C(=O)O)C(C)O. The number of thioether (sulfide) groups is 1. The first-order chi connectivity index (χ1) is 14.8. The summed E-state index contributed by atoms with van der Waals surface area (Å²) in [4.78, 5) is 49.5. The third-order valence-electron chi connectivity index (χ3n) is 5.19. The lowest BCUT2D eigenvalue weighted by Gasteiger charge is -2.27. The summed E-state index contributed by atoms with van der Waals surface area (Å²) in [5.41, 5.74) is 5.97. The number of carboxylic acids is 1. The normalized spacial score (nSPS) is 16.9. The third kappa shape index (κ3) is 10.6. The first-order valence-electron chi connectivity index (χ1n) is 10.9. The van der Waals surface area contributed by atoms with Crippen LogP contribution in [0.3, 0.4) is 0 Å². The van der Waals surface area contributed by atoms with Gasteiger partial charge < -0.3 is 31.9 Å². The minimum atomic E-state index is -1.38. The third-order valence-corrected chi connectivity index (χ3v) is 5.83. The Bertz CT molecular complexity index is 631. The van der Waals surface area contributed by atoms with Crippen molar-refractivity contribution in [1.82, 2.24) is 16.0 Å². The molecule has 186 valence electrons. The molecule has 11 heteroatoms. The number of carbonyl (C=O) groups is 4. The minimum Gasteiger partial charge on any atom is -0.480 e. The van der Waals surface area contributed by atoms with Crippen molar-refractivity contribution in [2.75, 3.05) is 12.0 Å². The fourth-order valence-electron chi connectivity index (χ4n) is 2.90. The molecule has 0 rings (SSSR count). The maximum Gasteiger partial charge on any atom is 0.326 e. The number of nitrogens with two attached hydrogens (primary N) is 1. The van der Waals surface area contributed by atoms with Gasteiger partial charge in [-0.2, -0.15) is 11.8 Å². The molecule has 0 aliphatic heterocycles. The highest BCUT2D eigenvalue weighted by Crippen LogP contribution is 2.10. The van der Waals surface area contributed by atoms with Crippen LogP contribution in [0.25, 0.3) is 0 Å². The Morgan fingerprint density at radius 3 is 1.94 bits per heavy atom. The molecule has 6 atom stereocenters. The second-order valence-electron chi connectivity index (χ2n) is 8.51. The van der Waals surface area contributed by atoms with Gasteiger partial charge in [0.15, 0.2) is 0 Å². The van der Waals surface area contributed by atoms with Crippen LogP contribution in [0.5, 0.6) is 0 Å². The van der Waals surface area contributed by atoms with E-state index in [0.717, 1.165) is 0 Å². The Hall–Kier alpha value is -1.85. The average Bonchev–Trinajstić information content (AvgIpc) is 2.71. The van der Waals surface area contributed by atoms with E-state index in [0.29, 0.717) is 18.6 Å². The van der Waals surface area contributed by atoms with Crippen molar-refractivity contribution in [3.8, 4) is 0 Å². The van der Waals surface area contributed by atoms with Crippen molar-refractivity contribution in [2.45, 2.75) is 84.2 Å². The number of rotatable bonds is 15. The highest BCUT2D eigenvalue weighted by Gasteiger charge is 2.33. The van der Waals surface area contributed by atoms with Gasteiger partial charge in [0, 0.05) is 0 Å². The van der Waals surface area contributed by atoms with Crippen LogP contribution in [0.15, 0.2) is 0 Å². The predicted octanol–water partition coefficient (Wildman–Crippen LogP) is 0.0788. The van der Waals surface area contributed by atoms with Gasteiger partial charge in [-0.15, -0.1) is 0 Å². The van der Waals surface area contributed by atoms with Crippen LogP contribution in [-0.4, -0.2) is 76.2 Å². The number of hydrogen-bond donors (Lipinski definition) is 6. The van der Waals surface area contributed by atoms with Gasteiger partial charge in [-0.1, -0.05) is 34.1 Å². The molecule has 0 aliphatic rings. The van der Waals surface area contributed by atoms with E-state index in [1.165, 1.54) is 18.7 Å². The molecular weight excluding hydrogens is 436 g/mol. The zero-order chi connectivity index (χ0) is 25.0. The Labute approximate surface area is 194 Å². The van der Waals surface area contributed by atoms with E-state index in [4.69, 9.17) is 5.73 Å². The highest BCUT2D eigenvalue weighted by molar-refractivity contribution is 7.98. The highest BCUT2D eigenvalue weighted by atomic mass is 32.2. The Morgan fingerprint density at radius 1 is 0.938 bits per heavy atom. The van der Waals surface area contributed by atoms with Crippen molar-refractivity contribution >= 4 is 35.5 Å².